The van der Waals surface area contributed by atoms with Crippen LogP contribution < -0.4 is 14.8 Å². The summed E-state index contributed by atoms with van der Waals surface area (Å²) < 4.78 is 10.5. The van der Waals surface area contributed by atoms with Gasteiger partial charge in [-0.25, -0.2) is 0 Å². The summed E-state index contributed by atoms with van der Waals surface area (Å²) >= 11 is 0. The first-order valence-corrected chi connectivity index (χ1v) is 7.60. The Labute approximate surface area is 124 Å². The first kappa shape index (κ1) is 14.2. The highest BCUT2D eigenvalue weighted by atomic mass is 16.7. The number of ether oxygens (including phenoxy) is 2. The lowest BCUT2D eigenvalue weighted by atomic mass is 9.85. The van der Waals surface area contributed by atoms with Gasteiger partial charge in [0.2, 0.25) is 6.79 Å². The highest BCUT2D eigenvalue weighted by Crippen LogP contribution is 2.32. The van der Waals surface area contributed by atoms with Gasteiger partial charge in [0.05, 0.1) is 6.10 Å². The lowest BCUT2D eigenvalue weighted by Crippen LogP contribution is -2.37. The molecule has 0 aromatic heterocycles. The van der Waals surface area contributed by atoms with E-state index in [0.717, 1.165) is 12.8 Å². The van der Waals surface area contributed by atoms with Crippen molar-refractivity contribution in [3.8, 4) is 11.5 Å². The highest BCUT2D eigenvalue weighted by molar-refractivity contribution is 5.94. The molecule has 1 aliphatic carbocycles. The maximum Gasteiger partial charge on any atom is 0.251 e. The van der Waals surface area contributed by atoms with Crippen molar-refractivity contribution < 1.29 is 19.4 Å². The topological polar surface area (TPSA) is 67.8 Å². The Morgan fingerprint density at radius 2 is 2.00 bits per heavy atom. The van der Waals surface area contributed by atoms with Crippen LogP contribution >= 0.6 is 0 Å². The van der Waals surface area contributed by atoms with Crippen molar-refractivity contribution in [2.24, 2.45) is 5.92 Å². The molecule has 1 aromatic rings. The SMILES string of the molecule is O=C(NC[C@H](O)C1CCCCC1)c1ccc2c(c1)OCO2. The molecule has 1 aromatic carbocycles. The molecule has 1 fully saturated rings. The van der Waals surface area contributed by atoms with E-state index in [-0.39, 0.29) is 12.7 Å². The van der Waals surface area contributed by atoms with Crippen molar-refractivity contribution in [3.63, 3.8) is 0 Å². The molecule has 0 radical (unpaired) electrons. The van der Waals surface area contributed by atoms with Gasteiger partial charge in [0.25, 0.3) is 5.91 Å². The fourth-order valence-electron chi connectivity index (χ4n) is 3.02. The van der Waals surface area contributed by atoms with Crippen molar-refractivity contribution in [2.45, 2.75) is 38.2 Å². The third kappa shape index (κ3) is 3.29. The summed E-state index contributed by atoms with van der Waals surface area (Å²) in [4.78, 5) is 12.1. The van der Waals surface area contributed by atoms with Gasteiger partial charge >= 0.3 is 0 Å². The second kappa shape index (κ2) is 6.35. The van der Waals surface area contributed by atoms with Crippen molar-refractivity contribution in [3.05, 3.63) is 23.8 Å². The predicted molar refractivity (Wildman–Crippen MR) is 77.5 cm³/mol. The van der Waals surface area contributed by atoms with Crippen molar-refractivity contribution in [2.75, 3.05) is 13.3 Å². The number of hydrogen-bond donors (Lipinski definition) is 2. The Kier molecular flexibility index (Phi) is 4.29. The van der Waals surface area contributed by atoms with Crippen LogP contribution in [0.25, 0.3) is 0 Å². The van der Waals surface area contributed by atoms with E-state index in [9.17, 15) is 9.90 Å². The molecule has 1 amide bonds. The number of hydrogen-bond acceptors (Lipinski definition) is 4. The Balaban J connectivity index is 1.54. The number of carbonyl (C=O) groups excluding carboxylic acids is 1. The lowest BCUT2D eigenvalue weighted by molar-refractivity contribution is 0.0738. The van der Waals surface area contributed by atoms with Crippen molar-refractivity contribution >= 4 is 5.91 Å². The Morgan fingerprint density at radius 3 is 2.81 bits per heavy atom. The van der Waals surface area contributed by atoms with Gasteiger partial charge in [-0.3, -0.25) is 4.79 Å². The molecular weight excluding hydrogens is 270 g/mol. The van der Waals surface area contributed by atoms with Crippen LogP contribution in [0.1, 0.15) is 42.5 Å². The van der Waals surface area contributed by atoms with Gasteiger partial charge in [0, 0.05) is 12.1 Å². The molecule has 2 N–H and O–H groups in total. The minimum Gasteiger partial charge on any atom is -0.454 e. The fourth-order valence-corrected chi connectivity index (χ4v) is 3.02. The molecule has 21 heavy (non-hydrogen) atoms. The number of carbonyl (C=O) groups is 1. The molecule has 1 heterocycles. The van der Waals surface area contributed by atoms with Gasteiger partial charge in [-0.05, 0) is 37.0 Å². The molecule has 0 spiro atoms. The number of amides is 1. The highest BCUT2D eigenvalue weighted by Gasteiger charge is 2.22. The van der Waals surface area contributed by atoms with E-state index in [1.165, 1.54) is 19.3 Å². The quantitative estimate of drug-likeness (QED) is 0.891. The van der Waals surface area contributed by atoms with Crippen LogP contribution in [0.4, 0.5) is 0 Å². The number of nitrogens with one attached hydrogen (secondary N) is 1. The molecule has 1 atom stereocenters. The summed E-state index contributed by atoms with van der Waals surface area (Å²) in [6.45, 7) is 0.499. The maximum atomic E-state index is 12.1. The second-order valence-corrected chi connectivity index (χ2v) is 5.74. The van der Waals surface area contributed by atoms with E-state index >= 15 is 0 Å². The average molecular weight is 291 g/mol. The number of rotatable bonds is 4. The maximum absolute atomic E-state index is 12.1. The van der Waals surface area contributed by atoms with E-state index in [1.807, 2.05) is 0 Å². The Bertz CT molecular complexity index is 511. The molecule has 0 unspecified atom stereocenters. The molecule has 114 valence electrons. The van der Waals surface area contributed by atoms with E-state index in [2.05, 4.69) is 5.32 Å². The molecule has 2 aliphatic rings. The first-order valence-electron chi connectivity index (χ1n) is 7.60. The standard InChI is InChI=1S/C16H21NO4/c18-13(11-4-2-1-3-5-11)9-17-16(19)12-6-7-14-15(8-12)21-10-20-14/h6-8,11,13,18H,1-5,9-10H2,(H,17,19)/t13-/m0/s1. The molecule has 1 aliphatic heterocycles. The predicted octanol–water partition coefficient (Wildman–Crippen LogP) is 2.09. The fraction of sp³-hybridized carbons (Fsp3) is 0.562. The molecular formula is C16H21NO4. The normalized spacial score (nSPS) is 19.3. The van der Waals surface area contributed by atoms with E-state index in [4.69, 9.17) is 9.47 Å². The summed E-state index contributed by atoms with van der Waals surface area (Å²) in [6.07, 6.45) is 5.27. The van der Waals surface area contributed by atoms with E-state index in [1.54, 1.807) is 18.2 Å². The summed E-state index contributed by atoms with van der Waals surface area (Å²) in [5.41, 5.74) is 0.523. The average Bonchev–Trinajstić information content (AvgIpc) is 3.00. The monoisotopic (exact) mass is 291 g/mol. The summed E-state index contributed by atoms with van der Waals surface area (Å²) in [5.74, 6) is 1.38. The number of fused-ring (bicyclic) bond motifs is 1. The molecule has 5 heteroatoms. The lowest BCUT2D eigenvalue weighted by Gasteiger charge is -2.26. The Hall–Kier alpha value is -1.75. The summed E-state index contributed by atoms with van der Waals surface area (Å²) in [7, 11) is 0. The van der Waals surface area contributed by atoms with Crippen molar-refractivity contribution in [1.29, 1.82) is 0 Å². The second-order valence-electron chi connectivity index (χ2n) is 5.74. The third-order valence-corrected chi connectivity index (χ3v) is 4.30. The number of aliphatic hydroxyl groups is 1. The molecule has 0 bridgehead atoms. The zero-order valence-corrected chi connectivity index (χ0v) is 12.0. The van der Waals surface area contributed by atoms with Crippen LogP contribution in [-0.2, 0) is 0 Å². The largest absolute Gasteiger partial charge is 0.454 e. The number of benzene rings is 1. The van der Waals surface area contributed by atoms with Gasteiger partial charge in [0.1, 0.15) is 0 Å². The van der Waals surface area contributed by atoms with Crippen LogP contribution in [0.2, 0.25) is 0 Å². The minimum absolute atomic E-state index is 0.192. The van der Waals surface area contributed by atoms with Crippen molar-refractivity contribution in [1.82, 2.24) is 5.32 Å². The first-order chi connectivity index (χ1) is 10.2. The summed E-state index contributed by atoms with van der Waals surface area (Å²) in [6, 6.07) is 5.11. The van der Waals surface area contributed by atoms with Gasteiger partial charge in [-0.2, -0.15) is 0 Å². The Morgan fingerprint density at radius 1 is 1.24 bits per heavy atom. The van der Waals surface area contributed by atoms with Crippen LogP contribution in [0, 0.1) is 5.92 Å². The van der Waals surface area contributed by atoms with Crippen LogP contribution in [-0.4, -0.2) is 30.5 Å². The van der Waals surface area contributed by atoms with Crippen LogP contribution in [0.5, 0.6) is 11.5 Å². The zero-order chi connectivity index (χ0) is 14.7. The summed E-state index contributed by atoms with van der Waals surface area (Å²) in [5, 5.41) is 13.0. The number of aliphatic hydroxyl groups excluding tert-OH is 1. The van der Waals surface area contributed by atoms with Gasteiger partial charge in [-0.1, -0.05) is 19.3 Å². The van der Waals surface area contributed by atoms with E-state index in [0.29, 0.717) is 29.5 Å². The molecule has 3 rings (SSSR count). The van der Waals surface area contributed by atoms with E-state index < -0.39 is 6.10 Å². The van der Waals surface area contributed by atoms with Gasteiger partial charge in [-0.15, -0.1) is 0 Å². The smallest absolute Gasteiger partial charge is 0.251 e. The zero-order valence-electron chi connectivity index (χ0n) is 12.0. The third-order valence-electron chi connectivity index (χ3n) is 4.30. The minimum atomic E-state index is -0.455. The van der Waals surface area contributed by atoms with Gasteiger partial charge < -0.3 is 19.9 Å². The van der Waals surface area contributed by atoms with Gasteiger partial charge in [0.15, 0.2) is 11.5 Å². The van der Waals surface area contributed by atoms with Crippen LogP contribution in [0.3, 0.4) is 0 Å². The molecule has 5 nitrogen and oxygen atoms in total. The van der Waals surface area contributed by atoms with Crippen LogP contribution in [0.15, 0.2) is 18.2 Å². The molecule has 0 saturated heterocycles. The molecule has 1 saturated carbocycles.